The predicted molar refractivity (Wildman–Crippen MR) is 243 cm³/mol. The second kappa shape index (κ2) is 14.4. The van der Waals surface area contributed by atoms with E-state index in [1.807, 2.05) is 0 Å². The first kappa shape index (κ1) is 37.8. The zero-order valence-electron chi connectivity index (χ0n) is 35.7. The van der Waals surface area contributed by atoms with Crippen LogP contribution in [0.3, 0.4) is 0 Å². The normalized spacial score (nSPS) is 13.2. The summed E-state index contributed by atoms with van der Waals surface area (Å²) in [5.41, 5.74) is 23.3. The molecular weight excluding hydrogens is 675 g/mol. The molecule has 1 aliphatic carbocycles. The standard InChI is InChI=1S/C55H59N/c1-33-12-16-41(37(5)24-33)28-44(47-19-13-34(2)25-38(47)6)29-45-32-52(56(50-22-14-35(3)26-39(50)7)51-23-15-36(4)27-40(51)8)49-21-18-43-31-46(55(9,10)11)30-42-17-20-48(45)54(49)53(42)43/h12-17,19-20,22-27,30-32,44H,18,21,28-29H2,1-11H3. The minimum absolute atomic E-state index is 0.0862. The number of nitrogens with zero attached hydrogens (tertiary/aromatic N) is 1. The van der Waals surface area contributed by atoms with Crippen LogP contribution in [0.5, 0.6) is 0 Å². The molecule has 1 atom stereocenters. The van der Waals surface area contributed by atoms with E-state index in [0.717, 1.165) is 25.7 Å². The second-order valence-electron chi connectivity index (χ2n) is 18.3. The molecule has 0 heterocycles. The monoisotopic (exact) mass is 733 g/mol. The number of hydrogen-bond donors (Lipinski definition) is 0. The minimum atomic E-state index is 0.0862. The van der Waals surface area contributed by atoms with Crippen LogP contribution >= 0.6 is 0 Å². The first-order valence-electron chi connectivity index (χ1n) is 20.8. The molecule has 7 aromatic rings. The molecule has 0 radical (unpaired) electrons. The maximum Gasteiger partial charge on any atom is 0.0503 e. The highest BCUT2D eigenvalue weighted by molar-refractivity contribution is 6.15. The molecule has 0 aromatic heterocycles. The zero-order valence-corrected chi connectivity index (χ0v) is 35.7. The zero-order chi connectivity index (χ0) is 39.6. The largest absolute Gasteiger partial charge is 0.310 e. The molecule has 56 heavy (non-hydrogen) atoms. The van der Waals surface area contributed by atoms with Crippen LogP contribution < -0.4 is 4.90 Å². The van der Waals surface area contributed by atoms with Gasteiger partial charge in [0.25, 0.3) is 0 Å². The van der Waals surface area contributed by atoms with Crippen LogP contribution in [0.25, 0.3) is 21.5 Å². The van der Waals surface area contributed by atoms with Gasteiger partial charge in [-0.25, -0.2) is 0 Å². The molecule has 1 unspecified atom stereocenters. The van der Waals surface area contributed by atoms with E-state index in [9.17, 15) is 0 Å². The van der Waals surface area contributed by atoms with E-state index < -0.39 is 0 Å². The fraction of sp³-hybridized carbons (Fsp3) is 0.309. The Morgan fingerprint density at radius 2 is 1.07 bits per heavy atom. The van der Waals surface area contributed by atoms with Crippen molar-refractivity contribution in [3.8, 4) is 0 Å². The SMILES string of the molecule is Cc1ccc(CC(Cc2cc(N(c3ccc(C)cc3C)c3ccc(C)cc3C)c3c4c2ccc2cc(C(C)(C)C)cc(c24)CC3)c2ccc(C)cc2C)c(C)c1. The smallest absolute Gasteiger partial charge is 0.0503 e. The average Bonchev–Trinajstić information content (AvgIpc) is 3.13. The van der Waals surface area contributed by atoms with Gasteiger partial charge in [-0.2, -0.15) is 0 Å². The number of aryl methyl sites for hydroxylation is 10. The van der Waals surface area contributed by atoms with Gasteiger partial charge in [0.1, 0.15) is 0 Å². The summed E-state index contributed by atoms with van der Waals surface area (Å²) in [5.74, 6) is 0.316. The molecular formula is C55H59N. The van der Waals surface area contributed by atoms with Crippen LogP contribution in [0.1, 0.15) is 105 Å². The summed E-state index contributed by atoms with van der Waals surface area (Å²) in [6, 6.07) is 40.6. The number of hydrogen-bond acceptors (Lipinski definition) is 1. The fourth-order valence-corrected chi connectivity index (χ4v) is 9.79. The maximum absolute atomic E-state index is 2.62. The third-order valence-electron chi connectivity index (χ3n) is 12.7. The Labute approximate surface area is 336 Å². The van der Waals surface area contributed by atoms with Gasteiger partial charge in [-0.05, 0) is 188 Å². The first-order chi connectivity index (χ1) is 26.7. The van der Waals surface area contributed by atoms with Gasteiger partial charge in [-0.3, -0.25) is 0 Å². The number of anilines is 3. The van der Waals surface area contributed by atoms with Gasteiger partial charge >= 0.3 is 0 Å². The van der Waals surface area contributed by atoms with E-state index in [2.05, 4.69) is 184 Å². The Kier molecular flexibility index (Phi) is 9.72. The molecule has 0 fully saturated rings. The van der Waals surface area contributed by atoms with Gasteiger partial charge < -0.3 is 4.90 Å². The Bertz CT molecular complexity index is 2610. The summed E-state index contributed by atoms with van der Waals surface area (Å²) < 4.78 is 0. The number of benzene rings is 7. The van der Waals surface area contributed by atoms with Crippen molar-refractivity contribution in [2.45, 2.75) is 113 Å². The van der Waals surface area contributed by atoms with Crippen LogP contribution in [-0.4, -0.2) is 0 Å². The van der Waals surface area contributed by atoms with Gasteiger partial charge in [0.15, 0.2) is 0 Å². The van der Waals surface area contributed by atoms with E-state index in [0.29, 0.717) is 5.92 Å². The fourth-order valence-electron chi connectivity index (χ4n) is 9.79. The molecule has 0 saturated heterocycles. The van der Waals surface area contributed by atoms with E-state index in [-0.39, 0.29) is 5.41 Å². The van der Waals surface area contributed by atoms with Crippen molar-refractivity contribution in [2.75, 3.05) is 4.90 Å². The minimum Gasteiger partial charge on any atom is -0.310 e. The molecule has 8 rings (SSSR count). The molecule has 1 nitrogen and oxygen atoms in total. The van der Waals surface area contributed by atoms with Crippen molar-refractivity contribution in [1.29, 1.82) is 0 Å². The Morgan fingerprint density at radius 1 is 0.500 bits per heavy atom. The highest BCUT2D eigenvalue weighted by Gasteiger charge is 2.29. The molecule has 0 aliphatic heterocycles. The molecule has 0 amide bonds. The quantitative estimate of drug-likeness (QED) is 0.141. The van der Waals surface area contributed by atoms with Crippen LogP contribution in [0.2, 0.25) is 0 Å². The van der Waals surface area contributed by atoms with Gasteiger partial charge in [0, 0.05) is 11.4 Å². The van der Waals surface area contributed by atoms with Crippen molar-refractivity contribution in [3.63, 3.8) is 0 Å². The van der Waals surface area contributed by atoms with Gasteiger partial charge in [0.05, 0.1) is 5.69 Å². The van der Waals surface area contributed by atoms with Crippen molar-refractivity contribution in [1.82, 2.24) is 0 Å². The molecule has 1 heteroatoms. The lowest BCUT2D eigenvalue weighted by Crippen LogP contribution is -2.18. The summed E-state index contributed by atoms with van der Waals surface area (Å²) in [4.78, 5) is 2.62. The van der Waals surface area contributed by atoms with E-state index in [4.69, 9.17) is 0 Å². The molecule has 0 bridgehead atoms. The van der Waals surface area contributed by atoms with E-state index in [1.54, 1.807) is 0 Å². The summed E-state index contributed by atoms with van der Waals surface area (Å²) >= 11 is 0. The van der Waals surface area contributed by atoms with Crippen LogP contribution in [0, 0.1) is 55.4 Å². The summed E-state index contributed by atoms with van der Waals surface area (Å²) in [6.45, 7) is 25.1. The van der Waals surface area contributed by atoms with Crippen molar-refractivity contribution < 1.29 is 0 Å². The molecule has 1 aliphatic rings. The molecule has 0 spiro atoms. The predicted octanol–water partition coefficient (Wildman–Crippen LogP) is 14.9. The lowest BCUT2D eigenvalue weighted by Gasteiger charge is -2.34. The number of rotatable bonds is 8. The second-order valence-corrected chi connectivity index (χ2v) is 18.3. The Morgan fingerprint density at radius 3 is 1.66 bits per heavy atom. The lowest BCUT2D eigenvalue weighted by atomic mass is 9.77. The molecule has 7 aromatic carbocycles. The topological polar surface area (TPSA) is 3.24 Å². The maximum atomic E-state index is 2.62. The van der Waals surface area contributed by atoms with Crippen molar-refractivity contribution in [3.05, 3.63) is 181 Å². The highest BCUT2D eigenvalue weighted by atomic mass is 15.1. The van der Waals surface area contributed by atoms with Crippen LogP contribution in [-0.2, 0) is 31.1 Å². The van der Waals surface area contributed by atoms with Gasteiger partial charge in [0.2, 0.25) is 0 Å². The Hall–Kier alpha value is -5.14. The van der Waals surface area contributed by atoms with Crippen molar-refractivity contribution >= 4 is 38.6 Å². The lowest BCUT2D eigenvalue weighted by molar-refractivity contribution is 0.590. The third-order valence-corrected chi connectivity index (χ3v) is 12.7. The first-order valence-corrected chi connectivity index (χ1v) is 20.8. The summed E-state index contributed by atoms with van der Waals surface area (Å²) in [7, 11) is 0. The third kappa shape index (κ3) is 6.95. The van der Waals surface area contributed by atoms with Crippen LogP contribution in [0.4, 0.5) is 17.1 Å². The molecule has 284 valence electrons. The van der Waals surface area contributed by atoms with Crippen LogP contribution in [0.15, 0.2) is 103 Å². The summed E-state index contributed by atoms with van der Waals surface area (Å²) in [5, 5.41) is 5.70. The summed E-state index contributed by atoms with van der Waals surface area (Å²) in [6.07, 6.45) is 4.02. The van der Waals surface area contributed by atoms with Crippen molar-refractivity contribution in [2.24, 2.45) is 0 Å². The van der Waals surface area contributed by atoms with Gasteiger partial charge in [-0.1, -0.05) is 128 Å². The highest BCUT2D eigenvalue weighted by Crippen LogP contribution is 2.49. The average molecular weight is 734 g/mol. The van der Waals surface area contributed by atoms with Gasteiger partial charge in [-0.15, -0.1) is 0 Å². The van der Waals surface area contributed by atoms with E-state index in [1.165, 1.54) is 116 Å². The molecule has 0 saturated carbocycles. The Balaban J connectivity index is 1.44. The van der Waals surface area contributed by atoms with E-state index >= 15 is 0 Å². The molecule has 0 N–H and O–H groups in total.